The summed E-state index contributed by atoms with van der Waals surface area (Å²) in [5.41, 5.74) is 2.85. The summed E-state index contributed by atoms with van der Waals surface area (Å²) in [5.74, 6) is 0.272. The highest BCUT2D eigenvalue weighted by Crippen LogP contribution is 2.53. The minimum Gasteiger partial charge on any atom is -0.490 e. The Morgan fingerprint density at radius 1 is 1.02 bits per heavy atom. The number of carbonyl (C=O) groups is 1. The Balaban J connectivity index is 1.05. The molecule has 2 aliphatic carbocycles. The molecule has 5 N–H and O–H groups in total. The number of ketones is 1. The predicted octanol–water partition coefficient (Wildman–Crippen LogP) is 3.11. The van der Waals surface area contributed by atoms with Gasteiger partial charge in [0, 0.05) is 54.0 Å². The van der Waals surface area contributed by atoms with Crippen molar-refractivity contribution in [1.82, 2.24) is 9.29 Å². The van der Waals surface area contributed by atoms with Crippen molar-refractivity contribution in [3.63, 3.8) is 0 Å². The molecule has 1 aliphatic heterocycles. The lowest BCUT2D eigenvalue weighted by molar-refractivity contribution is -0.122. The van der Waals surface area contributed by atoms with E-state index in [9.17, 15) is 33.6 Å². The van der Waals surface area contributed by atoms with Crippen LogP contribution in [0.1, 0.15) is 49.7 Å². The number of hydrogen-bond donors (Lipinski definition) is 5. The molecule has 0 unspecified atom stereocenters. The third kappa shape index (κ3) is 8.70. The fraction of sp³-hybridized carbons (Fsp3) is 0.459. The van der Waals surface area contributed by atoms with E-state index in [1.54, 1.807) is 24.4 Å². The van der Waals surface area contributed by atoms with Gasteiger partial charge in [0.05, 0.1) is 35.9 Å². The lowest BCUT2D eigenvalue weighted by atomic mass is 9.96. The van der Waals surface area contributed by atoms with E-state index >= 15 is 0 Å². The summed E-state index contributed by atoms with van der Waals surface area (Å²) in [6.07, 6.45) is 3.45. The van der Waals surface area contributed by atoms with E-state index in [2.05, 4.69) is 4.98 Å². The summed E-state index contributed by atoms with van der Waals surface area (Å²) >= 11 is 6.54. The first-order valence-corrected chi connectivity index (χ1v) is 18.9. The van der Waals surface area contributed by atoms with Gasteiger partial charge in [-0.15, -0.1) is 0 Å². The Kier molecular flexibility index (Phi) is 11.6. The highest BCUT2D eigenvalue weighted by atomic mass is 35.5. The zero-order chi connectivity index (χ0) is 36.3. The van der Waals surface area contributed by atoms with E-state index in [4.69, 9.17) is 26.2 Å². The van der Waals surface area contributed by atoms with Gasteiger partial charge in [0.2, 0.25) is 10.0 Å². The number of aromatic nitrogens is 1. The molecule has 2 saturated carbocycles. The van der Waals surface area contributed by atoms with Crippen LogP contribution in [0.25, 0.3) is 11.1 Å². The van der Waals surface area contributed by atoms with Crippen molar-refractivity contribution >= 4 is 27.4 Å². The summed E-state index contributed by atoms with van der Waals surface area (Å²) < 4.78 is 41.0. The summed E-state index contributed by atoms with van der Waals surface area (Å²) in [6, 6.07) is 14.5. The molecule has 14 heteroatoms. The molecule has 51 heavy (non-hydrogen) atoms. The highest BCUT2D eigenvalue weighted by Gasteiger charge is 2.48. The maximum Gasteiger partial charge on any atom is 0.243 e. The molecule has 1 saturated heterocycles. The van der Waals surface area contributed by atoms with Crippen LogP contribution in [-0.2, 0) is 31.8 Å². The zero-order valence-electron chi connectivity index (χ0n) is 27.9. The fourth-order valence-corrected chi connectivity index (χ4v) is 7.86. The maximum absolute atomic E-state index is 13.5. The van der Waals surface area contributed by atoms with Crippen LogP contribution < -0.4 is 4.74 Å². The third-order valence-electron chi connectivity index (χ3n) is 9.61. The Bertz CT molecular complexity index is 1840. The quantitative estimate of drug-likeness (QED) is 0.121. The number of sulfonamides is 1. The van der Waals surface area contributed by atoms with Crippen LogP contribution in [-0.4, -0.2) is 99.2 Å². The van der Waals surface area contributed by atoms with Crippen LogP contribution in [0.15, 0.2) is 78.0 Å². The molecule has 4 atom stereocenters. The van der Waals surface area contributed by atoms with Crippen molar-refractivity contribution in [2.75, 3.05) is 19.7 Å². The molecular weight excluding hydrogens is 700 g/mol. The van der Waals surface area contributed by atoms with Crippen LogP contribution in [0.5, 0.6) is 5.75 Å². The molecule has 0 bridgehead atoms. The Hall–Kier alpha value is -3.24. The van der Waals surface area contributed by atoms with Crippen LogP contribution in [0, 0.1) is 5.92 Å². The van der Waals surface area contributed by atoms with Gasteiger partial charge in [-0.2, -0.15) is 4.31 Å². The number of pyridine rings is 1. The molecule has 3 aromatic rings. The SMILES string of the molecule is O=C(/C=C/C1CN(S(=O)(=O)c2ccc(Cl)c(COC3(c4cnccc4-c4ccccc4OC4CC4)CC3)c2)C1)CC[C@H](O)[C@@H](O)[C@H](O)[C@H](O)CO. The van der Waals surface area contributed by atoms with Gasteiger partial charge in [0.25, 0.3) is 0 Å². The average Bonchev–Trinajstić information content (AvgIpc) is 4.06. The number of aliphatic hydroxyl groups excluding tert-OH is 5. The molecular formula is C37H43ClN2O10S. The van der Waals surface area contributed by atoms with Crippen molar-refractivity contribution in [3.05, 3.63) is 89.2 Å². The minimum absolute atomic E-state index is 0.0862. The third-order valence-corrected chi connectivity index (χ3v) is 11.8. The first kappa shape index (κ1) is 37.5. The van der Waals surface area contributed by atoms with Crippen molar-refractivity contribution in [1.29, 1.82) is 0 Å². The maximum atomic E-state index is 13.5. The van der Waals surface area contributed by atoms with Crippen LogP contribution >= 0.6 is 11.6 Å². The van der Waals surface area contributed by atoms with Gasteiger partial charge >= 0.3 is 0 Å². The van der Waals surface area contributed by atoms with Gasteiger partial charge in [-0.3, -0.25) is 9.78 Å². The number of carbonyl (C=O) groups excluding carboxylic acids is 1. The number of nitrogens with zero attached hydrogens (tertiary/aromatic N) is 2. The second-order valence-electron chi connectivity index (χ2n) is 13.5. The predicted molar refractivity (Wildman–Crippen MR) is 187 cm³/mol. The van der Waals surface area contributed by atoms with Crippen molar-refractivity contribution < 1.29 is 48.2 Å². The van der Waals surface area contributed by atoms with Gasteiger partial charge < -0.3 is 35.0 Å². The first-order valence-electron chi connectivity index (χ1n) is 17.1. The van der Waals surface area contributed by atoms with E-state index in [-0.39, 0.29) is 55.2 Å². The molecule has 3 aliphatic rings. The summed E-state index contributed by atoms with van der Waals surface area (Å²) in [5, 5.41) is 48.4. The smallest absolute Gasteiger partial charge is 0.243 e. The molecule has 2 heterocycles. The lowest BCUT2D eigenvalue weighted by Crippen LogP contribution is -2.49. The van der Waals surface area contributed by atoms with Gasteiger partial charge in [-0.1, -0.05) is 35.9 Å². The van der Waals surface area contributed by atoms with Crippen molar-refractivity contribution in [2.24, 2.45) is 5.92 Å². The molecule has 274 valence electrons. The molecule has 12 nitrogen and oxygen atoms in total. The standard InChI is InChI=1S/C37H43ClN2O10S/c38-31-11-10-27(51(47,48)40-19-23(20-40)5-6-25(42)7-12-32(43)35(45)36(46)33(44)21-41)17-24(31)22-49-37(14-15-37)30-18-39-16-13-28(30)29-3-1-2-4-34(29)50-26-8-9-26/h1-6,10-11,13,16-18,23,26,32-33,35-36,41,43-46H,7-9,12,14-15,19-22H2/b6-5+/t32-,33+,35+,36+/m0/s1. The number of aliphatic hydroxyl groups is 5. The van der Waals surface area contributed by atoms with Gasteiger partial charge in [0.1, 0.15) is 24.1 Å². The Morgan fingerprint density at radius 2 is 1.75 bits per heavy atom. The molecule has 6 rings (SSSR count). The number of hydrogen-bond acceptors (Lipinski definition) is 11. The van der Waals surface area contributed by atoms with Crippen LogP contribution in [0.2, 0.25) is 5.02 Å². The van der Waals surface area contributed by atoms with E-state index in [1.807, 2.05) is 36.5 Å². The molecule has 1 aromatic heterocycles. The second kappa shape index (κ2) is 15.8. The van der Waals surface area contributed by atoms with Gasteiger partial charge in [-0.25, -0.2) is 8.42 Å². The molecule has 2 aromatic carbocycles. The van der Waals surface area contributed by atoms with E-state index in [0.29, 0.717) is 10.6 Å². The fourth-order valence-electron chi connectivity index (χ4n) is 6.08. The zero-order valence-corrected chi connectivity index (χ0v) is 29.5. The van der Waals surface area contributed by atoms with E-state index in [0.717, 1.165) is 48.1 Å². The van der Waals surface area contributed by atoms with Crippen LogP contribution in [0.4, 0.5) is 0 Å². The molecule has 0 radical (unpaired) electrons. The number of rotatable bonds is 18. The highest BCUT2D eigenvalue weighted by molar-refractivity contribution is 7.89. The number of para-hydroxylation sites is 1. The van der Waals surface area contributed by atoms with E-state index < -0.39 is 46.6 Å². The number of ether oxygens (including phenoxy) is 2. The topological polar surface area (TPSA) is 187 Å². The Morgan fingerprint density at radius 3 is 2.45 bits per heavy atom. The molecule has 0 amide bonds. The monoisotopic (exact) mass is 742 g/mol. The first-order chi connectivity index (χ1) is 24.4. The number of halogens is 1. The second-order valence-corrected chi connectivity index (χ2v) is 15.9. The van der Waals surface area contributed by atoms with Crippen molar-refractivity contribution in [2.45, 2.75) is 86.1 Å². The largest absolute Gasteiger partial charge is 0.490 e. The van der Waals surface area contributed by atoms with E-state index in [1.165, 1.54) is 16.4 Å². The summed E-state index contributed by atoms with van der Waals surface area (Å²) in [4.78, 5) is 16.8. The van der Waals surface area contributed by atoms with Crippen molar-refractivity contribution in [3.8, 4) is 16.9 Å². The van der Waals surface area contributed by atoms with Crippen LogP contribution in [0.3, 0.4) is 0 Å². The van der Waals surface area contributed by atoms with Gasteiger partial charge in [-0.05, 0) is 79.6 Å². The number of benzene rings is 2. The summed E-state index contributed by atoms with van der Waals surface area (Å²) in [7, 11) is -3.85. The average molecular weight is 743 g/mol. The van der Waals surface area contributed by atoms with Gasteiger partial charge in [0.15, 0.2) is 5.78 Å². The molecule has 0 spiro atoms. The Labute approximate surface area is 302 Å². The number of allylic oxidation sites excluding steroid dienone is 1. The normalized spacial score (nSPS) is 20.0. The minimum atomic E-state index is -3.85. The lowest BCUT2D eigenvalue weighted by Gasteiger charge is -2.36. The molecule has 3 fully saturated rings. The summed E-state index contributed by atoms with van der Waals surface area (Å²) in [6.45, 7) is -0.357.